The molecule has 1 fully saturated rings. The molecule has 0 saturated carbocycles. The first-order valence-corrected chi connectivity index (χ1v) is 7.18. The fraction of sp³-hybridized carbons (Fsp3) is 0.533. The molecule has 1 saturated heterocycles. The molecule has 1 atom stereocenters. The highest BCUT2D eigenvalue weighted by molar-refractivity contribution is 5.99. The van der Waals surface area contributed by atoms with Gasteiger partial charge in [0, 0.05) is 13.1 Å². The Morgan fingerprint density at radius 3 is 3.00 bits per heavy atom. The summed E-state index contributed by atoms with van der Waals surface area (Å²) in [6, 6.07) is 5.69. The van der Waals surface area contributed by atoms with Crippen LogP contribution >= 0.6 is 0 Å². The maximum atomic E-state index is 8.75. The third-order valence-electron chi connectivity index (χ3n) is 3.90. The summed E-state index contributed by atoms with van der Waals surface area (Å²) < 4.78 is 5.30. The highest BCUT2D eigenvalue weighted by atomic mass is 16.5. The number of oxime groups is 1. The lowest BCUT2D eigenvalue weighted by molar-refractivity contribution is 0.318. The second-order valence-electron chi connectivity index (χ2n) is 5.57. The number of likely N-dealkylation sites (tertiary alicyclic amines) is 1. The number of nitrogens with zero attached hydrogens (tertiary/aromatic N) is 2. The van der Waals surface area contributed by atoms with Crippen LogP contribution in [0.15, 0.2) is 23.4 Å². The van der Waals surface area contributed by atoms with Crippen LogP contribution in [0.1, 0.15) is 17.5 Å². The topological polar surface area (TPSA) is 83.1 Å². The molecular formula is C15H24N4O2. The van der Waals surface area contributed by atoms with Crippen molar-refractivity contribution in [2.75, 3.05) is 33.8 Å². The Kier molecular flexibility index (Phi) is 5.41. The van der Waals surface area contributed by atoms with Gasteiger partial charge in [-0.1, -0.05) is 11.2 Å². The fourth-order valence-electron chi connectivity index (χ4n) is 2.72. The number of benzene rings is 1. The molecule has 2 rings (SSSR count). The molecule has 1 heterocycles. The van der Waals surface area contributed by atoms with Crippen molar-refractivity contribution < 1.29 is 9.94 Å². The first kappa shape index (κ1) is 15.6. The van der Waals surface area contributed by atoms with Crippen molar-refractivity contribution in [2.45, 2.75) is 13.0 Å². The number of nitrogens with one attached hydrogen (secondary N) is 1. The highest BCUT2D eigenvalue weighted by Crippen LogP contribution is 2.20. The van der Waals surface area contributed by atoms with Crippen LogP contribution < -0.4 is 15.8 Å². The van der Waals surface area contributed by atoms with Crippen molar-refractivity contribution in [1.29, 1.82) is 0 Å². The molecule has 6 heteroatoms. The van der Waals surface area contributed by atoms with Gasteiger partial charge >= 0.3 is 0 Å². The van der Waals surface area contributed by atoms with E-state index in [-0.39, 0.29) is 5.84 Å². The zero-order valence-corrected chi connectivity index (χ0v) is 12.7. The van der Waals surface area contributed by atoms with Crippen LogP contribution in [-0.4, -0.2) is 49.7 Å². The minimum Gasteiger partial charge on any atom is -0.496 e. The zero-order chi connectivity index (χ0) is 15.2. The second kappa shape index (κ2) is 7.28. The largest absolute Gasteiger partial charge is 0.496 e. The number of nitrogens with two attached hydrogens (primary N) is 1. The molecule has 0 spiro atoms. The summed E-state index contributed by atoms with van der Waals surface area (Å²) in [6.07, 6.45) is 1.26. The first-order chi connectivity index (χ1) is 10.1. The van der Waals surface area contributed by atoms with Crippen molar-refractivity contribution in [3.63, 3.8) is 0 Å². The Labute approximate surface area is 125 Å². The number of amidine groups is 1. The lowest BCUT2D eigenvalue weighted by Crippen LogP contribution is -2.24. The summed E-state index contributed by atoms with van der Waals surface area (Å²) in [5, 5.41) is 15.3. The van der Waals surface area contributed by atoms with E-state index in [0.29, 0.717) is 11.3 Å². The van der Waals surface area contributed by atoms with Crippen LogP contribution in [0, 0.1) is 5.92 Å². The van der Waals surface area contributed by atoms with E-state index in [1.165, 1.54) is 19.5 Å². The maximum Gasteiger partial charge on any atom is 0.173 e. The summed E-state index contributed by atoms with van der Waals surface area (Å²) in [6.45, 7) is 4.16. The lowest BCUT2D eigenvalue weighted by atomic mass is 10.1. The summed E-state index contributed by atoms with van der Waals surface area (Å²) >= 11 is 0. The Hall–Kier alpha value is -1.79. The van der Waals surface area contributed by atoms with Crippen LogP contribution in [0.3, 0.4) is 0 Å². The Balaban J connectivity index is 1.92. The van der Waals surface area contributed by atoms with Crippen LogP contribution in [0.2, 0.25) is 0 Å². The van der Waals surface area contributed by atoms with E-state index in [0.717, 1.165) is 24.6 Å². The normalized spacial score (nSPS) is 19.9. The zero-order valence-electron chi connectivity index (χ0n) is 12.7. The Morgan fingerprint density at radius 1 is 1.57 bits per heavy atom. The molecule has 21 heavy (non-hydrogen) atoms. The first-order valence-electron chi connectivity index (χ1n) is 7.18. The fourth-order valence-corrected chi connectivity index (χ4v) is 2.72. The molecule has 1 unspecified atom stereocenters. The predicted molar refractivity (Wildman–Crippen MR) is 82.8 cm³/mol. The van der Waals surface area contributed by atoms with Gasteiger partial charge in [0.15, 0.2) is 5.84 Å². The molecule has 0 aliphatic carbocycles. The van der Waals surface area contributed by atoms with Crippen molar-refractivity contribution in [2.24, 2.45) is 16.8 Å². The Morgan fingerprint density at radius 2 is 2.38 bits per heavy atom. The number of rotatable bonds is 6. The summed E-state index contributed by atoms with van der Waals surface area (Å²) in [7, 11) is 3.74. The predicted octanol–water partition coefficient (Wildman–Crippen LogP) is 0.831. The number of hydrogen-bond acceptors (Lipinski definition) is 5. The molecule has 1 aromatic carbocycles. The molecule has 1 aromatic rings. The molecule has 4 N–H and O–H groups in total. The highest BCUT2D eigenvalue weighted by Gasteiger charge is 2.18. The molecule has 0 amide bonds. The van der Waals surface area contributed by atoms with Gasteiger partial charge in [0.1, 0.15) is 5.75 Å². The average Bonchev–Trinajstić information content (AvgIpc) is 2.91. The standard InChI is InChI=1S/C15H24N4O2/c1-19-6-5-12(10-19)9-17-8-11-3-4-13(15(16)18-20)14(7-11)21-2/h3-4,7,12,17,20H,5-6,8-10H2,1-2H3,(H2,16,18). The summed E-state index contributed by atoms with van der Waals surface area (Å²) in [4.78, 5) is 2.36. The van der Waals surface area contributed by atoms with Crippen LogP contribution in [-0.2, 0) is 6.54 Å². The van der Waals surface area contributed by atoms with E-state index in [2.05, 4.69) is 22.4 Å². The van der Waals surface area contributed by atoms with Gasteiger partial charge in [0.25, 0.3) is 0 Å². The van der Waals surface area contributed by atoms with E-state index >= 15 is 0 Å². The van der Waals surface area contributed by atoms with Gasteiger partial charge in [0.05, 0.1) is 12.7 Å². The number of methoxy groups -OCH3 is 1. The monoisotopic (exact) mass is 292 g/mol. The quantitative estimate of drug-likeness (QED) is 0.313. The van der Waals surface area contributed by atoms with Gasteiger partial charge in [0.2, 0.25) is 0 Å². The molecule has 116 valence electrons. The van der Waals surface area contributed by atoms with E-state index < -0.39 is 0 Å². The van der Waals surface area contributed by atoms with Gasteiger partial charge in [-0.05, 0) is 50.2 Å². The van der Waals surface area contributed by atoms with Crippen molar-refractivity contribution in [3.05, 3.63) is 29.3 Å². The molecule has 6 nitrogen and oxygen atoms in total. The van der Waals surface area contributed by atoms with Crippen molar-refractivity contribution in [1.82, 2.24) is 10.2 Å². The van der Waals surface area contributed by atoms with Gasteiger partial charge in [-0.25, -0.2) is 0 Å². The SMILES string of the molecule is COc1cc(CNCC2CCN(C)C2)ccc1/C(N)=N/O. The second-order valence-corrected chi connectivity index (χ2v) is 5.57. The van der Waals surface area contributed by atoms with E-state index in [9.17, 15) is 0 Å². The third kappa shape index (κ3) is 4.09. The van der Waals surface area contributed by atoms with E-state index in [4.69, 9.17) is 15.7 Å². The smallest absolute Gasteiger partial charge is 0.173 e. The number of hydrogen-bond donors (Lipinski definition) is 3. The van der Waals surface area contributed by atoms with Crippen LogP contribution in [0.4, 0.5) is 0 Å². The molecule has 0 bridgehead atoms. The third-order valence-corrected chi connectivity index (χ3v) is 3.90. The molecule has 0 radical (unpaired) electrons. The van der Waals surface area contributed by atoms with Crippen molar-refractivity contribution >= 4 is 5.84 Å². The maximum absolute atomic E-state index is 8.75. The van der Waals surface area contributed by atoms with Crippen LogP contribution in [0.25, 0.3) is 0 Å². The van der Waals surface area contributed by atoms with Crippen LogP contribution in [0.5, 0.6) is 5.75 Å². The minimum atomic E-state index is 0.0559. The van der Waals surface area contributed by atoms with Gasteiger partial charge < -0.3 is 25.9 Å². The van der Waals surface area contributed by atoms with E-state index in [1.807, 2.05) is 18.2 Å². The van der Waals surface area contributed by atoms with Gasteiger partial charge in [-0.15, -0.1) is 0 Å². The minimum absolute atomic E-state index is 0.0559. The number of ether oxygens (including phenoxy) is 1. The Bertz CT molecular complexity index is 504. The van der Waals surface area contributed by atoms with Gasteiger partial charge in [-0.2, -0.15) is 0 Å². The molecule has 1 aliphatic rings. The van der Waals surface area contributed by atoms with Crippen molar-refractivity contribution in [3.8, 4) is 5.75 Å². The molecule has 1 aliphatic heterocycles. The van der Waals surface area contributed by atoms with Gasteiger partial charge in [-0.3, -0.25) is 0 Å². The molecular weight excluding hydrogens is 268 g/mol. The average molecular weight is 292 g/mol. The summed E-state index contributed by atoms with van der Waals surface area (Å²) in [5.74, 6) is 1.40. The van der Waals surface area contributed by atoms with E-state index in [1.54, 1.807) is 7.11 Å². The molecule has 0 aromatic heterocycles. The lowest BCUT2D eigenvalue weighted by Gasteiger charge is -2.13. The summed E-state index contributed by atoms with van der Waals surface area (Å²) in [5.41, 5.74) is 7.33.